The number of hydrogen-bond acceptors (Lipinski definition) is 6. The number of methoxy groups -OCH3 is 1. The van der Waals surface area contributed by atoms with Gasteiger partial charge < -0.3 is 10.1 Å². The lowest BCUT2D eigenvalue weighted by molar-refractivity contribution is -0.384. The molecule has 0 heterocycles. The van der Waals surface area contributed by atoms with E-state index < -0.39 is 14.9 Å². The zero-order chi connectivity index (χ0) is 21.2. The van der Waals surface area contributed by atoms with Crippen LogP contribution in [0.4, 0.5) is 17.1 Å². The fourth-order valence-electron chi connectivity index (χ4n) is 3.59. The summed E-state index contributed by atoms with van der Waals surface area (Å²) in [6.45, 7) is 3.72. The van der Waals surface area contributed by atoms with Crippen molar-refractivity contribution in [3.05, 3.63) is 57.6 Å². The summed E-state index contributed by atoms with van der Waals surface area (Å²) in [5.41, 5.74) is 2.27. The number of nitro benzene ring substituents is 1. The van der Waals surface area contributed by atoms with Crippen molar-refractivity contribution in [1.82, 2.24) is 0 Å². The molecule has 0 radical (unpaired) electrons. The monoisotopic (exact) mass is 419 g/mol. The standard InChI is InChI=1S/C20H25N3O5S/c1-13-4-8-18(14(2)10-13)22-29(26,27)17-7-9-19(20(12-17)23(24)25)21-15-5-6-16(11-15)28-3/h4,7-10,12,15-16,21-22H,5-6,11H2,1-3H3. The summed E-state index contributed by atoms with van der Waals surface area (Å²) in [6, 6.07) is 9.32. The summed E-state index contributed by atoms with van der Waals surface area (Å²) in [7, 11) is -2.31. The van der Waals surface area contributed by atoms with Crippen LogP contribution in [0.3, 0.4) is 0 Å². The van der Waals surface area contributed by atoms with Crippen LogP contribution in [-0.4, -0.2) is 32.6 Å². The highest BCUT2D eigenvalue weighted by molar-refractivity contribution is 7.92. The first kappa shape index (κ1) is 21.1. The summed E-state index contributed by atoms with van der Waals surface area (Å²) in [5.74, 6) is 0. The molecule has 0 bridgehead atoms. The molecule has 0 aliphatic heterocycles. The van der Waals surface area contributed by atoms with Gasteiger partial charge in [0.15, 0.2) is 0 Å². The number of benzene rings is 2. The van der Waals surface area contributed by atoms with Gasteiger partial charge in [0.25, 0.3) is 15.7 Å². The van der Waals surface area contributed by atoms with Crippen LogP contribution < -0.4 is 10.0 Å². The number of hydrogen-bond donors (Lipinski definition) is 2. The number of rotatable bonds is 7. The summed E-state index contributed by atoms with van der Waals surface area (Å²) >= 11 is 0. The van der Waals surface area contributed by atoms with Crippen LogP contribution in [0.25, 0.3) is 0 Å². The zero-order valence-electron chi connectivity index (χ0n) is 16.6. The average Bonchev–Trinajstić information content (AvgIpc) is 3.11. The van der Waals surface area contributed by atoms with Crippen molar-refractivity contribution < 1.29 is 18.1 Å². The molecule has 1 aliphatic rings. The second-order valence-corrected chi connectivity index (χ2v) is 9.05. The van der Waals surface area contributed by atoms with Crippen molar-refractivity contribution in [2.45, 2.75) is 50.2 Å². The maximum absolute atomic E-state index is 12.8. The van der Waals surface area contributed by atoms with Gasteiger partial charge in [0.05, 0.1) is 21.6 Å². The molecular weight excluding hydrogens is 394 g/mol. The number of nitro groups is 1. The number of nitrogens with one attached hydrogen (secondary N) is 2. The first-order valence-electron chi connectivity index (χ1n) is 9.37. The van der Waals surface area contributed by atoms with Crippen LogP contribution in [0.5, 0.6) is 0 Å². The smallest absolute Gasteiger partial charge is 0.293 e. The van der Waals surface area contributed by atoms with E-state index in [0.29, 0.717) is 11.4 Å². The summed E-state index contributed by atoms with van der Waals surface area (Å²) < 4.78 is 33.4. The van der Waals surface area contributed by atoms with Crippen LogP contribution in [0, 0.1) is 24.0 Å². The topological polar surface area (TPSA) is 111 Å². The van der Waals surface area contributed by atoms with Gasteiger partial charge in [-0.3, -0.25) is 14.8 Å². The molecular formula is C20H25N3O5S. The molecule has 2 aromatic carbocycles. The third kappa shape index (κ3) is 4.86. The molecule has 156 valence electrons. The molecule has 29 heavy (non-hydrogen) atoms. The van der Waals surface area contributed by atoms with Crippen LogP contribution in [0.1, 0.15) is 30.4 Å². The highest BCUT2D eigenvalue weighted by atomic mass is 32.2. The van der Waals surface area contributed by atoms with E-state index in [4.69, 9.17) is 4.74 Å². The third-order valence-corrected chi connectivity index (χ3v) is 6.54. The number of sulfonamides is 1. The first-order chi connectivity index (χ1) is 13.7. The third-order valence-electron chi connectivity index (χ3n) is 5.18. The van der Waals surface area contributed by atoms with Crippen molar-refractivity contribution in [3.8, 4) is 0 Å². The van der Waals surface area contributed by atoms with Gasteiger partial charge in [-0.15, -0.1) is 0 Å². The molecule has 1 saturated carbocycles. The van der Waals surface area contributed by atoms with E-state index in [1.54, 1.807) is 26.2 Å². The summed E-state index contributed by atoms with van der Waals surface area (Å²) in [6.07, 6.45) is 2.60. The van der Waals surface area contributed by atoms with Crippen LogP contribution >= 0.6 is 0 Å². The van der Waals surface area contributed by atoms with E-state index in [1.807, 2.05) is 13.0 Å². The fourth-order valence-corrected chi connectivity index (χ4v) is 4.74. The summed E-state index contributed by atoms with van der Waals surface area (Å²) in [5, 5.41) is 14.7. The van der Waals surface area contributed by atoms with Crippen molar-refractivity contribution in [2.75, 3.05) is 17.1 Å². The lowest BCUT2D eigenvalue weighted by atomic mass is 10.1. The molecule has 0 saturated heterocycles. The molecule has 1 aliphatic carbocycles. The Balaban J connectivity index is 1.86. The Morgan fingerprint density at radius 3 is 2.45 bits per heavy atom. The Labute approximate surface area is 170 Å². The fraction of sp³-hybridized carbons (Fsp3) is 0.400. The molecule has 9 heteroatoms. The van der Waals surface area contributed by atoms with Gasteiger partial charge in [-0.1, -0.05) is 17.7 Å². The van der Waals surface area contributed by atoms with Gasteiger partial charge in [0.2, 0.25) is 0 Å². The van der Waals surface area contributed by atoms with Crippen molar-refractivity contribution >= 4 is 27.1 Å². The molecule has 2 N–H and O–H groups in total. The number of anilines is 2. The maximum atomic E-state index is 12.8. The largest absolute Gasteiger partial charge is 0.381 e. The van der Waals surface area contributed by atoms with E-state index >= 15 is 0 Å². The number of ether oxygens (including phenoxy) is 1. The van der Waals surface area contributed by atoms with Gasteiger partial charge in [0.1, 0.15) is 5.69 Å². The molecule has 2 aromatic rings. The second kappa shape index (κ2) is 8.38. The van der Waals surface area contributed by atoms with Gasteiger partial charge in [-0.2, -0.15) is 0 Å². The Kier molecular flexibility index (Phi) is 6.09. The Bertz CT molecular complexity index is 1020. The molecule has 0 aromatic heterocycles. The number of nitrogens with zero attached hydrogens (tertiary/aromatic N) is 1. The second-order valence-electron chi connectivity index (χ2n) is 7.37. The van der Waals surface area contributed by atoms with Gasteiger partial charge in [0, 0.05) is 19.2 Å². The van der Waals surface area contributed by atoms with Crippen LogP contribution in [0.15, 0.2) is 41.3 Å². The van der Waals surface area contributed by atoms with Gasteiger partial charge in [-0.05, 0) is 56.9 Å². The van der Waals surface area contributed by atoms with Crippen molar-refractivity contribution in [2.24, 2.45) is 0 Å². The minimum atomic E-state index is -3.96. The van der Waals surface area contributed by atoms with E-state index in [9.17, 15) is 18.5 Å². The average molecular weight is 420 g/mol. The van der Waals surface area contributed by atoms with Crippen molar-refractivity contribution in [3.63, 3.8) is 0 Å². The van der Waals surface area contributed by atoms with Crippen molar-refractivity contribution in [1.29, 1.82) is 0 Å². The molecule has 8 nitrogen and oxygen atoms in total. The Hall–Kier alpha value is -2.65. The lowest BCUT2D eigenvalue weighted by Crippen LogP contribution is -2.19. The Morgan fingerprint density at radius 1 is 1.10 bits per heavy atom. The lowest BCUT2D eigenvalue weighted by Gasteiger charge is -2.16. The van der Waals surface area contributed by atoms with Crippen LogP contribution in [-0.2, 0) is 14.8 Å². The summed E-state index contributed by atoms with van der Waals surface area (Å²) in [4.78, 5) is 10.8. The first-order valence-corrected chi connectivity index (χ1v) is 10.9. The van der Waals surface area contributed by atoms with Gasteiger partial charge >= 0.3 is 0 Å². The quantitative estimate of drug-likeness (QED) is 0.519. The number of aryl methyl sites for hydroxylation is 2. The molecule has 2 unspecified atom stereocenters. The van der Waals surface area contributed by atoms with E-state index in [-0.39, 0.29) is 22.7 Å². The Morgan fingerprint density at radius 2 is 1.83 bits per heavy atom. The maximum Gasteiger partial charge on any atom is 0.293 e. The predicted molar refractivity (Wildman–Crippen MR) is 112 cm³/mol. The SMILES string of the molecule is COC1CCC(Nc2ccc(S(=O)(=O)Nc3ccc(C)cc3C)cc2[N+](=O)[O-])C1. The molecule has 3 rings (SSSR count). The van der Waals surface area contributed by atoms with E-state index in [2.05, 4.69) is 10.0 Å². The minimum Gasteiger partial charge on any atom is -0.381 e. The minimum absolute atomic E-state index is 0.0504. The zero-order valence-corrected chi connectivity index (χ0v) is 17.5. The molecule has 0 amide bonds. The molecule has 1 fully saturated rings. The molecule has 0 spiro atoms. The normalized spacial score (nSPS) is 19.1. The van der Waals surface area contributed by atoms with E-state index in [1.165, 1.54) is 12.1 Å². The highest BCUT2D eigenvalue weighted by Gasteiger charge is 2.28. The van der Waals surface area contributed by atoms with Gasteiger partial charge in [-0.25, -0.2) is 8.42 Å². The predicted octanol–water partition coefficient (Wildman–Crippen LogP) is 3.99. The van der Waals surface area contributed by atoms with Crippen LogP contribution in [0.2, 0.25) is 0 Å². The highest BCUT2D eigenvalue weighted by Crippen LogP contribution is 2.32. The molecule has 2 atom stereocenters. The van der Waals surface area contributed by atoms with E-state index in [0.717, 1.165) is 36.5 Å².